The van der Waals surface area contributed by atoms with E-state index >= 15 is 0 Å². The van der Waals surface area contributed by atoms with Gasteiger partial charge >= 0.3 is 12.0 Å². The van der Waals surface area contributed by atoms with Crippen molar-refractivity contribution in [3.63, 3.8) is 0 Å². The van der Waals surface area contributed by atoms with E-state index in [0.717, 1.165) is 11.1 Å². The van der Waals surface area contributed by atoms with Crippen LogP contribution >= 0.6 is 0 Å². The molecule has 0 aliphatic heterocycles. The average molecular weight is 378 g/mol. The Balaban J connectivity index is 2.64. The van der Waals surface area contributed by atoms with Crippen LogP contribution in [0.15, 0.2) is 18.2 Å². The van der Waals surface area contributed by atoms with E-state index in [1.807, 2.05) is 26.0 Å². The number of aliphatic carboxylic acids is 1. The fourth-order valence-electron chi connectivity index (χ4n) is 2.40. The van der Waals surface area contributed by atoms with Gasteiger partial charge < -0.3 is 15.7 Å². The Morgan fingerprint density at radius 1 is 1.19 bits per heavy atom. The Kier molecular flexibility index (Phi) is 8.40. The predicted molar refractivity (Wildman–Crippen MR) is 100 cm³/mol. The highest BCUT2D eigenvalue weighted by molar-refractivity contribution is 6.02. The molecule has 1 rings (SSSR count). The molecule has 0 fully saturated rings. The molecule has 4 N–H and O–H groups in total. The van der Waals surface area contributed by atoms with E-state index in [2.05, 4.69) is 16.0 Å². The number of carbonyl (C=O) groups excluding carboxylic acids is 3. The minimum absolute atomic E-state index is 0.152. The van der Waals surface area contributed by atoms with Gasteiger partial charge in [0, 0.05) is 25.7 Å². The summed E-state index contributed by atoms with van der Waals surface area (Å²) in [6.45, 7) is 6.58. The first-order chi connectivity index (χ1) is 12.6. The molecule has 0 saturated heterocycles. The highest BCUT2D eigenvalue weighted by Crippen LogP contribution is 2.15. The number of urea groups is 1. The molecule has 9 nitrogen and oxygen atoms in total. The number of carbonyl (C=O) groups is 4. The molecule has 0 bridgehead atoms. The minimum atomic E-state index is -1.11. The number of nitrogens with one attached hydrogen (secondary N) is 3. The lowest BCUT2D eigenvalue weighted by Gasteiger charge is -2.25. The molecule has 1 unspecified atom stereocenters. The molecule has 0 aliphatic carbocycles. The zero-order valence-electron chi connectivity index (χ0n) is 16.0. The number of benzene rings is 1. The van der Waals surface area contributed by atoms with Gasteiger partial charge in [-0.25, -0.2) is 4.79 Å². The molecule has 1 aromatic carbocycles. The number of amides is 4. The van der Waals surface area contributed by atoms with E-state index in [1.54, 1.807) is 6.07 Å². The maximum atomic E-state index is 12.1. The Morgan fingerprint density at radius 2 is 1.85 bits per heavy atom. The Labute approximate surface area is 158 Å². The maximum Gasteiger partial charge on any atom is 0.325 e. The quantitative estimate of drug-likeness (QED) is 0.531. The van der Waals surface area contributed by atoms with Crippen LogP contribution in [-0.2, 0) is 14.4 Å². The van der Waals surface area contributed by atoms with Crippen molar-refractivity contribution in [2.75, 3.05) is 25.0 Å². The first kappa shape index (κ1) is 22.1. The third-order valence-corrected chi connectivity index (χ3v) is 3.91. The van der Waals surface area contributed by atoms with Crippen LogP contribution in [0.3, 0.4) is 0 Å². The second-order valence-electron chi connectivity index (χ2n) is 6.29. The highest BCUT2D eigenvalue weighted by Gasteiger charge is 2.23. The van der Waals surface area contributed by atoms with Crippen molar-refractivity contribution < 1.29 is 24.3 Å². The molecule has 4 amide bonds. The number of nitrogens with zero attached hydrogens (tertiary/aromatic N) is 1. The third kappa shape index (κ3) is 7.87. The van der Waals surface area contributed by atoms with E-state index in [9.17, 15) is 19.2 Å². The average Bonchev–Trinajstić information content (AvgIpc) is 2.55. The normalized spacial score (nSPS) is 11.6. The van der Waals surface area contributed by atoms with Gasteiger partial charge in [0.2, 0.25) is 11.8 Å². The van der Waals surface area contributed by atoms with Crippen LogP contribution in [0.1, 0.15) is 25.0 Å². The molecule has 148 valence electrons. The first-order valence-electron chi connectivity index (χ1n) is 8.49. The maximum absolute atomic E-state index is 12.1. The SMILES string of the molecule is CC(=O)NCCN(CC(=O)NC(=O)Nc1ccc(C)cc1C)C(C)C(=O)O. The van der Waals surface area contributed by atoms with E-state index in [4.69, 9.17) is 5.11 Å². The van der Waals surface area contributed by atoms with Gasteiger partial charge in [-0.15, -0.1) is 0 Å². The highest BCUT2D eigenvalue weighted by atomic mass is 16.4. The Morgan fingerprint density at radius 3 is 2.41 bits per heavy atom. The van der Waals surface area contributed by atoms with Crippen molar-refractivity contribution in [2.45, 2.75) is 33.7 Å². The molecule has 0 heterocycles. The number of anilines is 1. The summed E-state index contributed by atoms with van der Waals surface area (Å²) in [6, 6.07) is 3.82. The fourth-order valence-corrected chi connectivity index (χ4v) is 2.40. The van der Waals surface area contributed by atoms with Gasteiger partial charge in [-0.3, -0.25) is 24.6 Å². The summed E-state index contributed by atoms with van der Waals surface area (Å²) in [6.07, 6.45) is 0. The van der Waals surface area contributed by atoms with E-state index in [-0.39, 0.29) is 25.5 Å². The summed E-state index contributed by atoms with van der Waals surface area (Å²) >= 11 is 0. The number of hydrogen-bond donors (Lipinski definition) is 4. The van der Waals surface area contributed by atoms with Crippen LogP contribution < -0.4 is 16.0 Å². The van der Waals surface area contributed by atoms with Crippen molar-refractivity contribution in [1.29, 1.82) is 0 Å². The van der Waals surface area contributed by atoms with Crippen molar-refractivity contribution in [1.82, 2.24) is 15.5 Å². The van der Waals surface area contributed by atoms with Gasteiger partial charge in [0.25, 0.3) is 0 Å². The molecule has 0 spiro atoms. The molecule has 0 saturated carbocycles. The molecule has 9 heteroatoms. The molecule has 0 radical (unpaired) electrons. The first-order valence-corrected chi connectivity index (χ1v) is 8.49. The van der Waals surface area contributed by atoms with E-state index < -0.39 is 23.9 Å². The number of rotatable bonds is 8. The largest absolute Gasteiger partial charge is 0.480 e. The summed E-state index contributed by atoms with van der Waals surface area (Å²) in [5.41, 5.74) is 2.48. The fraction of sp³-hybridized carbons (Fsp3) is 0.444. The molecule has 0 aliphatic rings. The number of carboxylic acids is 1. The van der Waals surface area contributed by atoms with Gasteiger partial charge in [0.1, 0.15) is 6.04 Å². The molecule has 1 aromatic rings. The smallest absolute Gasteiger partial charge is 0.325 e. The van der Waals surface area contributed by atoms with Crippen LogP contribution in [0, 0.1) is 13.8 Å². The number of carboxylic acid groups (broad SMARTS) is 1. The lowest BCUT2D eigenvalue weighted by Crippen LogP contribution is -2.49. The zero-order chi connectivity index (χ0) is 20.6. The van der Waals surface area contributed by atoms with E-state index in [0.29, 0.717) is 5.69 Å². The van der Waals surface area contributed by atoms with Crippen molar-refractivity contribution in [3.05, 3.63) is 29.3 Å². The van der Waals surface area contributed by atoms with Crippen LogP contribution in [-0.4, -0.2) is 59.5 Å². The molecular weight excluding hydrogens is 352 g/mol. The number of aryl methyl sites for hydroxylation is 2. The molecule has 27 heavy (non-hydrogen) atoms. The lowest BCUT2D eigenvalue weighted by molar-refractivity contribution is -0.143. The van der Waals surface area contributed by atoms with Crippen LogP contribution in [0.25, 0.3) is 0 Å². The second-order valence-corrected chi connectivity index (χ2v) is 6.29. The summed E-state index contributed by atoms with van der Waals surface area (Å²) in [5, 5.41) is 16.5. The summed E-state index contributed by atoms with van der Waals surface area (Å²) in [4.78, 5) is 47.6. The topological polar surface area (TPSA) is 128 Å². The molecule has 1 atom stereocenters. The van der Waals surface area contributed by atoms with Gasteiger partial charge in [0.05, 0.1) is 6.54 Å². The summed E-state index contributed by atoms with van der Waals surface area (Å²) in [5.74, 6) is -2.01. The van der Waals surface area contributed by atoms with Gasteiger partial charge in [-0.05, 0) is 32.4 Å². The van der Waals surface area contributed by atoms with Crippen molar-refractivity contribution >= 4 is 29.5 Å². The standard InChI is InChI=1S/C18H26N4O5/c1-11-5-6-15(12(2)9-11)20-18(27)21-16(24)10-22(13(3)17(25)26)8-7-19-14(4)23/h5-6,9,13H,7-8,10H2,1-4H3,(H,19,23)(H,25,26)(H2,20,21,24,27). The van der Waals surface area contributed by atoms with Crippen molar-refractivity contribution in [2.24, 2.45) is 0 Å². The van der Waals surface area contributed by atoms with Gasteiger partial charge in [0.15, 0.2) is 0 Å². The molecular formula is C18H26N4O5. The Bertz CT molecular complexity index is 720. The van der Waals surface area contributed by atoms with Crippen molar-refractivity contribution in [3.8, 4) is 0 Å². The Hall–Kier alpha value is -2.94. The van der Waals surface area contributed by atoms with Gasteiger partial charge in [-0.1, -0.05) is 17.7 Å². The summed E-state index contributed by atoms with van der Waals surface area (Å²) < 4.78 is 0. The summed E-state index contributed by atoms with van der Waals surface area (Å²) in [7, 11) is 0. The second kappa shape index (κ2) is 10.3. The minimum Gasteiger partial charge on any atom is -0.480 e. The van der Waals surface area contributed by atoms with Gasteiger partial charge in [-0.2, -0.15) is 0 Å². The van der Waals surface area contributed by atoms with Crippen LogP contribution in [0.2, 0.25) is 0 Å². The number of imide groups is 1. The predicted octanol–water partition coefficient (Wildman–Crippen LogP) is 0.863. The monoisotopic (exact) mass is 378 g/mol. The van der Waals surface area contributed by atoms with Crippen LogP contribution in [0.4, 0.5) is 10.5 Å². The lowest BCUT2D eigenvalue weighted by atomic mass is 10.1. The van der Waals surface area contributed by atoms with Crippen LogP contribution in [0.5, 0.6) is 0 Å². The van der Waals surface area contributed by atoms with E-state index in [1.165, 1.54) is 18.7 Å². The third-order valence-electron chi connectivity index (χ3n) is 3.91. The molecule has 0 aromatic heterocycles. The number of hydrogen-bond acceptors (Lipinski definition) is 5. The zero-order valence-corrected chi connectivity index (χ0v) is 16.0.